The molecule has 1 saturated heterocycles. The van der Waals surface area contributed by atoms with Crippen molar-refractivity contribution in [3.8, 4) is 11.1 Å². The summed E-state index contributed by atoms with van der Waals surface area (Å²) in [4.78, 5) is 11.4. The fraction of sp³-hybridized carbons (Fsp3) is 0.450. The van der Waals surface area contributed by atoms with E-state index in [-0.39, 0.29) is 24.6 Å². The Morgan fingerprint density at radius 1 is 1.35 bits per heavy atom. The van der Waals surface area contributed by atoms with Crippen LogP contribution in [0.25, 0.3) is 11.1 Å². The number of rotatable bonds is 9. The van der Waals surface area contributed by atoms with Gasteiger partial charge in [-0.2, -0.15) is 17.5 Å². The molecule has 6 nitrogen and oxygen atoms in total. The van der Waals surface area contributed by atoms with Crippen LogP contribution < -0.4 is 0 Å². The number of halogens is 3. The number of likely N-dealkylation sites (N-methyl/N-ethyl adjacent to an activating group) is 1. The summed E-state index contributed by atoms with van der Waals surface area (Å²) >= 11 is 1.25. The van der Waals surface area contributed by atoms with Crippen molar-refractivity contribution in [2.24, 2.45) is 0 Å². The highest BCUT2D eigenvalue weighted by Crippen LogP contribution is 2.41. The van der Waals surface area contributed by atoms with Crippen LogP contribution in [0.4, 0.5) is 13.2 Å². The second-order valence-corrected chi connectivity index (χ2v) is 10.4. The molecule has 2 heterocycles. The third-order valence-corrected chi connectivity index (χ3v) is 7.98. The molecule has 0 bridgehead atoms. The molecule has 3 rings (SSSR count). The molecule has 1 N–H and O–H groups in total. The summed E-state index contributed by atoms with van der Waals surface area (Å²) < 4.78 is 72.7. The van der Waals surface area contributed by atoms with E-state index in [4.69, 9.17) is 4.74 Å². The van der Waals surface area contributed by atoms with Crippen molar-refractivity contribution < 1.29 is 36.2 Å². The normalized spacial score (nSPS) is 17.7. The molecular formula is C20H22F3NO5S2. The summed E-state index contributed by atoms with van der Waals surface area (Å²) in [5, 5.41) is 10.8. The lowest BCUT2D eigenvalue weighted by Gasteiger charge is -2.19. The fourth-order valence-electron chi connectivity index (χ4n) is 3.31. The van der Waals surface area contributed by atoms with Gasteiger partial charge in [-0.3, -0.25) is 4.79 Å². The first kappa shape index (κ1) is 23.7. The van der Waals surface area contributed by atoms with Crippen molar-refractivity contribution in [3.05, 3.63) is 40.1 Å². The number of ether oxygens (including phenoxy) is 1. The van der Waals surface area contributed by atoms with E-state index < -0.39 is 38.5 Å². The Morgan fingerprint density at radius 2 is 2.03 bits per heavy atom. The minimum atomic E-state index is -4.75. The summed E-state index contributed by atoms with van der Waals surface area (Å²) in [6.45, 7) is 2.26. The van der Waals surface area contributed by atoms with Crippen LogP contribution in [0.15, 0.2) is 34.5 Å². The molecule has 1 aliphatic rings. The van der Waals surface area contributed by atoms with Crippen LogP contribution in [0.2, 0.25) is 0 Å². The minimum absolute atomic E-state index is 0.0497. The van der Waals surface area contributed by atoms with Gasteiger partial charge in [0.15, 0.2) is 0 Å². The molecule has 1 aromatic carbocycles. The van der Waals surface area contributed by atoms with Gasteiger partial charge in [0.2, 0.25) is 10.0 Å². The monoisotopic (exact) mass is 477 g/mol. The Labute approximate surface area is 182 Å². The smallest absolute Gasteiger partial charge is 0.416 e. The van der Waals surface area contributed by atoms with Gasteiger partial charge in [-0.15, -0.1) is 11.3 Å². The molecule has 1 aliphatic heterocycles. The summed E-state index contributed by atoms with van der Waals surface area (Å²) in [6, 6.07) is 4.35. The topological polar surface area (TPSA) is 87.2 Å². The predicted octanol–water partition coefficient (Wildman–Crippen LogP) is 4.42. The zero-order valence-electron chi connectivity index (χ0n) is 16.8. The fourth-order valence-corrected chi connectivity index (χ4v) is 5.69. The van der Waals surface area contributed by atoms with Crippen LogP contribution in [0, 0.1) is 0 Å². The molecular weight excluding hydrogens is 455 g/mol. The maximum Gasteiger partial charge on any atom is 0.416 e. The minimum Gasteiger partial charge on any atom is -0.481 e. The van der Waals surface area contributed by atoms with Crippen LogP contribution in [0.1, 0.15) is 36.1 Å². The average molecular weight is 478 g/mol. The van der Waals surface area contributed by atoms with Gasteiger partial charge in [-0.05, 0) is 47.2 Å². The molecule has 2 aromatic rings. The zero-order chi connectivity index (χ0) is 23.0. The Balaban J connectivity index is 2.11. The number of aliphatic carboxylic acids is 1. The summed E-state index contributed by atoms with van der Waals surface area (Å²) in [5.41, 5.74) is -0.582. The van der Waals surface area contributed by atoms with Crippen LogP contribution in [-0.4, -0.2) is 50.1 Å². The number of thiophene rings is 1. The highest BCUT2D eigenvalue weighted by atomic mass is 32.2. The molecule has 0 spiro atoms. The number of epoxide rings is 1. The molecule has 11 heteroatoms. The number of hydrogen-bond donors (Lipinski definition) is 1. The molecule has 1 unspecified atom stereocenters. The highest BCUT2D eigenvalue weighted by Gasteiger charge is 2.35. The Hall–Kier alpha value is -1.95. The number of sulfonamides is 1. The maximum atomic E-state index is 13.6. The standard InChI is InChI=1S/C20H22F3NO5S2/c1-3-12(8-18(25)26)19-17(4-5-30-19)13-6-14(20(21,22)23)9-16(7-13)31(27,28)24(2)10-15-11-29-15/h4-7,9,12,15H,3,8,10-11H2,1-2H3,(H,25,26)/t12-,15?/m0/s1. The third kappa shape index (κ3) is 5.46. The largest absolute Gasteiger partial charge is 0.481 e. The van der Waals surface area contributed by atoms with E-state index in [0.717, 1.165) is 10.4 Å². The van der Waals surface area contributed by atoms with Crippen LogP contribution >= 0.6 is 11.3 Å². The molecule has 0 aliphatic carbocycles. The quantitative estimate of drug-likeness (QED) is 0.540. The number of carbonyl (C=O) groups is 1. The predicted molar refractivity (Wildman–Crippen MR) is 110 cm³/mol. The molecule has 1 fully saturated rings. The molecule has 31 heavy (non-hydrogen) atoms. The third-order valence-electron chi connectivity index (χ3n) is 5.10. The van der Waals surface area contributed by atoms with Crippen molar-refractivity contribution in [1.82, 2.24) is 4.31 Å². The molecule has 0 saturated carbocycles. The summed E-state index contributed by atoms with van der Waals surface area (Å²) in [7, 11) is -2.89. The van der Waals surface area contributed by atoms with Gasteiger partial charge >= 0.3 is 12.1 Å². The van der Waals surface area contributed by atoms with Gasteiger partial charge in [-0.1, -0.05) is 6.92 Å². The van der Waals surface area contributed by atoms with Gasteiger partial charge in [0, 0.05) is 24.4 Å². The van der Waals surface area contributed by atoms with Gasteiger partial charge in [0.1, 0.15) is 0 Å². The molecule has 1 aromatic heterocycles. The maximum absolute atomic E-state index is 13.6. The van der Waals surface area contributed by atoms with E-state index in [1.807, 2.05) is 0 Å². The van der Waals surface area contributed by atoms with Crippen molar-refractivity contribution in [3.63, 3.8) is 0 Å². The van der Waals surface area contributed by atoms with E-state index in [1.165, 1.54) is 24.5 Å². The van der Waals surface area contributed by atoms with Gasteiger partial charge in [0.25, 0.3) is 0 Å². The number of alkyl halides is 3. The Kier molecular flexibility index (Phi) is 6.80. The lowest BCUT2D eigenvalue weighted by Crippen LogP contribution is -2.30. The number of benzene rings is 1. The van der Waals surface area contributed by atoms with E-state index in [9.17, 15) is 31.5 Å². The van der Waals surface area contributed by atoms with Crippen LogP contribution in [-0.2, 0) is 25.7 Å². The lowest BCUT2D eigenvalue weighted by molar-refractivity contribution is -0.138. The van der Waals surface area contributed by atoms with Crippen molar-refractivity contribution in [2.75, 3.05) is 20.2 Å². The van der Waals surface area contributed by atoms with Gasteiger partial charge in [-0.25, -0.2) is 8.42 Å². The SMILES string of the molecule is CC[C@@H](CC(=O)O)c1sccc1-c1cc(C(F)(F)F)cc(S(=O)(=O)N(C)CC2CO2)c1. The van der Waals surface area contributed by atoms with Gasteiger partial charge < -0.3 is 9.84 Å². The van der Waals surface area contributed by atoms with E-state index >= 15 is 0 Å². The number of carboxylic acids is 1. The summed E-state index contributed by atoms with van der Waals surface area (Å²) in [5.74, 6) is -1.40. The number of carboxylic acid groups (broad SMARTS) is 1. The molecule has 0 radical (unpaired) electrons. The van der Waals surface area contributed by atoms with Crippen molar-refractivity contribution >= 4 is 27.3 Å². The van der Waals surface area contributed by atoms with Crippen molar-refractivity contribution in [2.45, 2.75) is 42.9 Å². The molecule has 2 atom stereocenters. The number of hydrogen-bond acceptors (Lipinski definition) is 5. The van der Waals surface area contributed by atoms with Gasteiger partial charge in [0.05, 0.1) is 29.6 Å². The van der Waals surface area contributed by atoms with E-state index in [1.54, 1.807) is 18.4 Å². The summed E-state index contributed by atoms with van der Waals surface area (Å²) in [6.07, 6.45) is -4.69. The first-order valence-electron chi connectivity index (χ1n) is 9.53. The zero-order valence-corrected chi connectivity index (χ0v) is 18.5. The van der Waals surface area contributed by atoms with Crippen LogP contribution in [0.3, 0.4) is 0 Å². The first-order chi connectivity index (χ1) is 14.4. The highest BCUT2D eigenvalue weighted by molar-refractivity contribution is 7.89. The Morgan fingerprint density at radius 3 is 2.58 bits per heavy atom. The lowest BCUT2D eigenvalue weighted by atomic mass is 9.94. The number of nitrogens with zero attached hydrogens (tertiary/aromatic N) is 1. The second-order valence-electron chi connectivity index (χ2n) is 7.39. The van der Waals surface area contributed by atoms with E-state index in [2.05, 4.69) is 0 Å². The first-order valence-corrected chi connectivity index (χ1v) is 11.8. The molecule has 0 amide bonds. The van der Waals surface area contributed by atoms with Crippen LogP contribution in [0.5, 0.6) is 0 Å². The average Bonchev–Trinajstić information content (AvgIpc) is 3.37. The molecule has 170 valence electrons. The van der Waals surface area contributed by atoms with E-state index in [0.29, 0.717) is 29.5 Å². The second kappa shape index (κ2) is 8.89. The Bertz CT molecular complexity index is 1060. The van der Waals surface area contributed by atoms with Crippen molar-refractivity contribution in [1.29, 1.82) is 0 Å².